The Morgan fingerprint density at radius 3 is 2.61 bits per heavy atom. The minimum atomic E-state index is -0.608. The molecule has 1 saturated heterocycles. The smallest absolute Gasteiger partial charge is 0.307 e. The molecule has 0 radical (unpaired) electrons. The summed E-state index contributed by atoms with van der Waals surface area (Å²) < 4.78 is 0. The van der Waals surface area contributed by atoms with Crippen molar-refractivity contribution in [2.45, 2.75) is 46.0 Å². The molecule has 3 nitrogen and oxygen atoms in total. The minimum Gasteiger partial charge on any atom is -0.481 e. The summed E-state index contributed by atoms with van der Waals surface area (Å²) >= 11 is 0. The summed E-state index contributed by atoms with van der Waals surface area (Å²) in [5.74, 6) is 1.44. The van der Waals surface area contributed by atoms with Crippen molar-refractivity contribution in [2.75, 3.05) is 19.6 Å². The maximum Gasteiger partial charge on any atom is 0.307 e. The van der Waals surface area contributed by atoms with Gasteiger partial charge in [0.1, 0.15) is 0 Å². The van der Waals surface area contributed by atoms with Gasteiger partial charge in [-0.1, -0.05) is 26.7 Å². The Labute approximate surface area is 111 Å². The van der Waals surface area contributed by atoms with Gasteiger partial charge in [-0.3, -0.25) is 4.79 Å². The van der Waals surface area contributed by atoms with Crippen LogP contribution >= 0.6 is 0 Å². The van der Waals surface area contributed by atoms with Crippen LogP contribution in [0, 0.1) is 23.7 Å². The van der Waals surface area contributed by atoms with Gasteiger partial charge in [-0.25, -0.2) is 0 Å². The van der Waals surface area contributed by atoms with Crippen LogP contribution in [0.5, 0.6) is 0 Å². The number of piperidine rings is 1. The van der Waals surface area contributed by atoms with E-state index in [2.05, 4.69) is 18.7 Å². The van der Waals surface area contributed by atoms with E-state index in [9.17, 15) is 9.90 Å². The van der Waals surface area contributed by atoms with E-state index < -0.39 is 5.97 Å². The Hall–Kier alpha value is -0.570. The molecule has 0 amide bonds. The molecule has 1 saturated carbocycles. The zero-order valence-electron chi connectivity index (χ0n) is 11.8. The van der Waals surface area contributed by atoms with Crippen LogP contribution in [-0.2, 0) is 4.79 Å². The molecule has 1 heterocycles. The van der Waals surface area contributed by atoms with Gasteiger partial charge in [0.15, 0.2) is 0 Å². The largest absolute Gasteiger partial charge is 0.481 e. The highest BCUT2D eigenvalue weighted by molar-refractivity contribution is 5.70. The summed E-state index contributed by atoms with van der Waals surface area (Å²) in [6, 6.07) is 0. The van der Waals surface area contributed by atoms with Crippen LogP contribution < -0.4 is 0 Å². The third-order valence-corrected chi connectivity index (χ3v) is 4.65. The summed E-state index contributed by atoms with van der Waals surface area (Å²) in [4.78, 5) is 13.6. The average molecular weight is 253 g/mol. The second kappa shape index (κ2) is 6.05. The normalized spacial score (nSPS) is 38.6. The van der Waals surface area contributed by atoms with Crippen LogP contribution in [0.3, 0.4) is 0 Å². The molecule has 0 bridgehead atoms. The van der Waals surface area contributed by atoms with Gasteiger partial charge in [-0.2, -0.15) is 0 Å². The third kappa shape index (κ3) is 3.71. The molecule has 104 valence electrons. The highest BCUT2D eigenvalue weighted by Crippen LogP contribution is 2.31. The summed E-state index contributed by atoms with van der Waals surface area (Å²) in [5.41, 5.74) is 0. The molecule has 1 aliphatic carbocycles. The number of carboxylic acids is 1. The molecule has 1 aliphatic heterocycles. The van der Waals surface area contributed by atoms with E-state index in [0.717, 1.165) is 37.9 Å². The lowest BCUT2D eigenvalue weighted by atomic mass is 9.81. The van der Waals surface area contributed by atoms with Crippen LogP contribution in [0.2, 0.25) is 0 Å². The zero-order valence-corrected chi connectivity index (χ0v) is 11.8. The Morgan fingerprint density at radius 1 is 1.17 bits per heavy atom. The van der Waals surface area contributed by atoms with Crippen molar-refractivity contribution < 1.29 is 9.90 Å². The van der Waals surface area contributed by atoms with Gasteiger partial charge in [0.2, 0.25) is 0 Å². The van der Waals surface area contributed by atoms with E-state index in [0.29, 0.717) is 5.92 Å². The van der Waals surface area contributed by atoms with Gasteiger partial charge in [-0.05, 0) is 37.0 Å². The summed E-state index contributed by atoms with van der Waals surface area (Å²) in [6.45, 7) is 7.52. The van der Waals surface area contributed by atoms with Crippen molar-refractivity contribution in [3.8, 4) is 0 Å². The average Bonchev–Trinajstić information content (AvgIpc) is 2.28. The van der Waals surface area contributed by atoms with Gasteiger partial charge in [0.25, 0.3) is 0 Å². The highest BCUT2D eigenvalue weighted by atomic mass is 16.4. The fraction of sp³-hybridized carbons (Fsp3) is 0.933. The van der Waals surface area contributed by atoms with E-state index in [-0.39, 0.29) is 5.92 Å². The Morgan fingerprint density at radius 2 is 1.94 bits per heavy atom. The topological polar surface area (TPSA) is 40.5 Å². The number of carboxylic acid groups (broad SMARTS) is 1. The van der Waals surface area contributed by atoms with Crippen LogP contribution in [0.15, 0.2) is 0 Å². The quantitative estimate of drug-likeness (QED) is 0.841. The fourth-order valence-electron chi connectivity index (χ4n) is 3.88. The van der Waals surface area contributed by atoms with Crippen molar-refractivity contribution in [1.82, 2.24) is 4.90 Å². The molecule has 18 heavy (non-hydrogen) atoms. The van der Waals surface area contributed by atoms with E-state index in [4.69, 9.17) is 0 Å². The van der Waals surface area contributed by atoms with Crippen molar-refractivity contribution in [2.24, 2.45) is 23.7 Å². The standard InChI is InChI=1S/C15H27NO2/c1-11-4-3-5-13(6-11)9-16-8-12(2)7-14(10-16)15(17)18/h11-14H,3-10H2,1-2H3,(H,17,18). The fourth-order valence-corrected chi connectivity index (χ4v) is 3.88. The number of aliphatic carboxylic acids is 1. The Balaban J connectivity index is 1.86. The van der Waals surface area contributed by atoms with Crippen molar-refractivity contribution >= 4 is 5.97 Å². The lowest BCUT2D eigenvalue weighted by molar-refractivity contribution is -0.144. The lowest BCUT2D eigenvalue weighted by Crippen LogP contribution is -2.44. The van der Waals surface area contributed by atoms with E-state index in [1.807, 2.05) is 0 Å². The van der Waals surface area contributed by atoms with Crippen molar-refractivity contribution in [1.29, 1.82) is 0 Å². The maximum absolute atomic E-state index is 11.2. The van der Waals surface area contributed by atoms with Crippen molar-refractivity contribution in [3.05, 3.63) is 0 Å². The molecule has 2 fully saturated rings. The van der Waals surface area contributed by atoms with Crippen LogP contribution in [0.4, 0.5) is 0 Å². The molecule has 0 aromatic carbocycles. The van der Waals surface area contributed by atoms with Gasteiger partial charge in [-0.15, -0.1) is 0 Å². The van der Waals surface area contributed by atoms with E-state index in [1.54, 1.807) is 0 Å². The van der Waals surface area contributed by atoms with Gasteiger partial charge in [0, 0.05) is 19.6 Å². The first kappa shape index (κ1) is 13.9. The van der Waals surface area contributed by atoms with Crippen LogP contribution in [0.1, 0.15) is 46.0 Å². The third-order valence-electron chi connectivity index (χ3n) is 4.65. The monoisotopic (exact) mass is 253 g/mol. The Bertz CT molecular complexity index is 292. The molecule has 4 unspecified atom stereocenters. The maximum atomic E-state index is 11.2. The number of hydrogen-bond donors (Lipinski definition) is 1. The van der Waals surface area contributed by atoms with Crippen LogP contribution in [-0.4, -0.2) is 35.6 Å². The number of rotatable bonds is 3. The van der Waals surface area contributed by atoms with E-state index in [1.165, 1.54) is 25.7 Å². The minimum absolute atomic E-state index is 0.144. The first-order valence-corrected chi connectivity index (χ1v) is 7.49. The van der Waals surface area contributed by atoms with Gasteiger partial charge >= 0.3 is 5.97 Å². The predicted octanol–water partition coefficient (Wildman–Crippen LogP) is 2.86. The SMILES string of the molecule is CC1CCCC(CN2CC(C)CC(C(=O)O)C2)C1. The number of nitrogens with zero attached hydrogens (tertiary/aromatic N) is 1. The second-order valence-corrected chi connectivity index (χ2v) is 6.73. The Kier molecular flexibility index (Phi) is 4.66. The molecule has 0 aromatic heterocycles. The van der Waals surface area contributed by atoms with Gasteiger partial charge in [0.05, 0.1) is 5.92 Å². The number of carbonyl (C=O) groups is 1. The zero-order chi connectivity index (χ0) is 13.1. The molecule has 4 atom stereocenters. The summed E-state index contributed by atoms with van der Waals surface area (Å²) in [7, 11) is 0. The molecule has 2 aliphatic rings. The molecule has 1 N–H and O–H groups in total. The highest BCUT2D eigenvalue weighted by Gasteiger charge is 2.31. The molecule has 3 heteroatoms. The first-order valence-electron chi connectivity index (χ1n) is 7.49. The lowest BCUT2D eigenvalue weighted by Gasteiger charge is -2.38. The number of likely N-dealkylation sites (tertiary alicyclic amines) is 1. The molecular formula is C15H27NO2. The summed E-state index contributed by atoms with van der Waals surface area (Å²) in [6.07, 6.45) is 6.27. The molecule has 0 spiro atoms. The molecule has 0 aromatic rings. The molecular weight excluding hydrogens is 226 g/mol. The molecule has 2 rings (SSSR count). The van der Waals surface area contributed by atoms with Crippen molar-refractivity contribution in [3.63, 3.8) is 0 Å². The number of hydrogen-bond acceptors (Lipinski definition) is 2. The van der Waals surface area contributed by atoms with Gasteiger partial charge < -0.3 is 10.0 Å². The summed E-state index contributed by atoms with van der Waals surface area (Å²) in [5, 5.41) is 9.20. The van der Waals surface area contributed by atoms with Crippen LogP contribution in [0.25, 0.3) is 0 Å². The van der Waals surface area contributed by atoms with E-state index >= 15 is 0 Å². The first-order chi connectivity index (χ1) is 8.54. The predicted molar refractivity (Wildman–Crippen MR) is 72.5 cm³/mol. The second-order valence-electron chi connectivity index (χ2n) is 6.73.